The van der Waals surface area contributed by atoms with E-state index in [9.17, 15) is 19.5 Å². The van der Waals surface area contributed by atoms with Gasteiger partial charge in [-0.2, -0.15) is 5.01 Å². The van der Waals surface area contributed by atoms with Gasteiger partial charge in [0.05, 0.1) is 41.0 Å². The second-order valence-electron chi connectivity index (χ2n) is 13.8. The number of hydrazine groups is 1. The topological polar surface area (TPSA) is 116 Å². The van der Waals surface area contributed by atoms with Crippen LogP contribution in [0.3, 0.4) is 0 Å². The molecule has 51 heavy (non-hydrogen) atoms. The van der Waals surface area contributed by atoms with Crippen LogP contribution in [0.15, 0.2) is 90.5 Å². The Morgan fingerprint density at radius 1 is 0.902 bits per heavy atom. The third-order valence-electron chi connectivity index (χ3n) is 11.4. The summed E-state index contributed by atoms with van der Waals surface area (Å²) in [4.78, 5) is 59.6. The Balaban J connectivity index is 1.40. The predicted octanol–water partition coefficient (Wildman–Crippen LogP) is 7.26. The van der Waals surface area contributed by atoms with Gasteiger partial charge in [0.1, 0.15) is 11.5 Å². The minimum atomic E-state index is -1.50. The average molecular weight is 725 g/mol. The summed E-state index contributed by atoms with van der Waals surface area (Å²) in [6.45, 7) is 2.26. The number of imide groups is 2. The second kappa shape index (κ2) is 12.4. The van der Waals surface area contributed by atoms with Gasteiger partial charge in [0.15, 0.2) is 0 Å². The van der Waals surface area contributed by atoms with Crippen molar-refractivity contribution in [1.29, 1.82) is 0 Å². The number of allylic oxidation sites excluding steroid dienone is 2. The molecule has 9 nitrogen and oxygen atoms in total. The van der Waals surface area contributed by atoms with Crippen LogP contribution < -0.4 is 10.2 Å². The van der Waals surface area contributed by atoms with Crippen LogP contribution in [-0.2, 0) is 24.6 Å². The van der Waals surface area contributed by atoms with E-state index in [0.717, 1.165) is 16.1 Å². The quantitative estimate of drug-likeness (QED) is 0.152. The predicted molar refractivity (Wildman–Crippen MR) is 193 cm³/mol. The summed E-state index contributed by atoms with van der Waals surface area (Å²) in [6.07, 6.45) is 3.17. The molecule has 0 aromatic heterocycles. The van der Waals surface area contributed by atoms with Crippen molar-refractivity contribution in [3.8, 4) is 11.5 Å². The molecule has 3 fully saturated rings. The van der Waals surface area contributed by atoms with E-state index in [-0.39, 0.29) is 29.0 Å². The van der Waals surface area contributed by atoms with Crippen molar-refractivity contribution in [2.45, 2.75) is 37.5 Å². The van der Waals surface area contributed by atoms with Gasteiger partial charge in [0.2, 0.25) is 11.8 Å². The number of nitrogens with one attached hydrogen (secondary N) is 1. The maximum atomic E-state index is 15.5. The largest absolute Gasteiger partial charge is 0.507 e. The number of hydrogen-bond acceptors (Lipinski definition) is 7. The molecule has 4 aromatic carbocycles. The third kappa shape index (κ3) is 4.81. The van der Waals surface area contributed by atoms with E-state index >= 15 is 4.79 Å². The molecule has 8 rings (SSSR count). The number of aromatic hydroxyl groups is 1. The summed E-state index contributed by atoms with van der Waals surface area (Å²) < 4.78 is 5.49. The summed E-state index contributed by atoms with van der Waals surface area (Å²) >= 11 is 12.7. The van der Waals surface area contributed by atoms with Gasteiger partial charge < -0.3 is 9.84 Å². The number of fused-ring (bicyclic) bond motifs is 5. The van der Waals surface area contributed by atoms with Crippen LogP contribution in [0.1, 0.15) is 43.2 Å². The number of phenols is 1. The lowest BCUT2D eigenvalue weighted by Crippen LogP contribution is -2.53. The van der Waals surface area contributed by atoms with Crippen LogP contribution >= 0.6 is 23.2 Å². The Morgan fingerprint density at radius 3 is 2.35 bits per heavy atom. The monoisotopic (exact) mass is 723 g/mol. The molecular formula is C40H35Cl2N3O6. The molecule has 0 spiro atoms. The number of methoxy groups -OCH3 is 1. The molecule has 0 bridgehead atoms. The van der Waals surface area contributed by atoms with Crippen LogP contribution in [0, 0.1) is 23.7 Å². The van der Waals surface area contributed by atoms with Gasteiger partial charge in [0.25, 0.3) is 11.8 Å². The SMILES string of the molecule is CCCN1C(=O)[C@H]2[C@H](CC=C3[C@H]2C[C@H]2C(=O)N(Nc4ccc(Cl)cc4Cl)C(=O)[C@@]2(c2ccc(OC)cc2)[C@H]3c2ccc(O)c3ccccc23)C1=O. The van der Waals surface area contributed by atoms with Crippen molar-refractivity contribution in [2.75, 3.05) is 19.1 Å². The van der Waals surface area contributed by atoms with Crippen molar-refractivity contribution < 1.29 is 29.0 Å². The van der Waals surface area contributed by atoms with Crippen molar-refractivity contribution in [1.82, 2.24) is 9.91 Å². The number of ether oxygens (including phenoxy) is 1. The molecule has 260 valence electrons. The van der Waals surface area contributed by atoms with Gasteiger partial charge in [0, 0.05) is 22.9 Å². The first-order chi connectivity index (χ1) is 24.6. The number of anilines is 1. The first-order valence-corrected chi connectivity index (χ1v) is 17.9. The van der Waals surface area contributed by atoms with Crippen LogP contribution in [0.4, 0.5) is 5.69 Å². The van der Waals surface area contributed by atoms with Gasteiger partial charge in [-0.25, -0.2) is 0 Å². The Hall–Kier alpha value is -4.86. The van der Waals surface area contributed by atoms with Crippen LogP contribution in [0.25, 0.3) is 10.8 Å². The van der Waals surface area contributed by atoms with E-state index in [1.165, 1.54) is 11.0 Å². The number of benzene rings is 4. The molecule has 0 unspecified atom stereocenters. The Bertz CT molecular complexity index is 2170. The highest BCUT2D eigenvalue weighted by Crippen LogP contribution is 2.65. The molecule has 1 saturated carbocycles. The first-order valence-electron chi connectivity index (χ1n) is 17.1. The molecule has 2 saturated heterocycles. The lowest BCUT2D eigenvalue weighted by molar-refractivity contribution is -0.141. The zero-order chi connectivity index (χ0) is 35.8. The van der Waals surface area contributed by atoms with Gasteiger partial charge >= 0.3 is 0 Å². The number of amides is 4. The highest BCUT2D eigenvalue weighted by molar-refractivity contribution is 6.36. The summed E-state index contributed by atoms with van der Waals surface area (Å²) in [7, 11) is 1.56. The van der Waals surface area contributed by atoms with Crippen molar-refractivity contribution >= 4 is 63.3 Å². The van der Waals surface area contributed by atoms with Crippen molar-refractivity contribution in [2.24, 2.45) is 23.7 Å². The van der Waals surface area contributed by atoms with Gasteiger partial charge in [-0.1, -0.05) is 84.2 Å². The minimum Gasteiger partial charge on any atom is -0.507 e. The van der Waals surface area contributed by atoms with E-state index < -0.39 is 46.8 Å². The zero-order valence-electron chi connectivity index (χ0n) is 27.9. The molecule has 11 heteroatoms. The Labute approximate surface area is 304 Å². The van der Waals surface area contributed by atoms with Crippen molar-refractivity contribution in [3.63, 3.8) is 0 Å². The summed E-state index contributed by atoms with van der Waals surface area (Å²) in [5.74, 6) is -4.12. The number of carbonyl (C=O) groups excluding carboxylic acids is 4. The number of carbonyl (C=O) groups is 4. The first kappa shape index (κ1) is 33.3. The molecule has 0 radical (unpaired) electrons. The summed E-state index contributed by atoms with van der Waals surface area (Å²) in [6, 6.07) is 22.8. The third-order valence-corrected chi connectivity index (χ3v) is 11.9. The van der Waals surface area contributed by atoms with E-state index in [1.54, 1.807) is 37.4 Å². The average Bonchev–Trinajstić information content (AvgIpc) is 3.50. The highest BCUT2D eigenvalue weighted by Gasteiger charge is 2.70. The number of rotatable bonds is 7. The molecule has 4 aromatic rings. The molecule has 2 N–H and O–H groups in total. The van der Waals surface area contributed by atoms with Crippen LogP contribution in [0.2, 0.25) is 10.0 Å². The molecule has 4 aliphatic rings. The number of phenolic OH excluding ortho intramolecular Hbond substituents is 1. The van der Waals surface area contributed by atoms with Crippen LogP contribution in [0.5, 0.6) is 11.5 Å². The minimum absolute atomic E-state index is 0.0794. The summed E-state index contributed by atoms with van der Waals surface area (Å²) in [5, 5.41) is 14.0. The lowest BCUT2D eigenvalue weighted by atomic mass is 9.49. The maximum Gasteiger partial charge on any atom is 0.260 e. The van der Waals surface area contributed by atoms with Gasteiger partial charge in [-0.15, -0.1) is 0 Å². The van der Waals surface area contributed by atoms with E-state index in [2.05, 4.69) is 5.43 Å². The second-order valence-corrected chi connectivity index (χ2v) is 14.6. The fourth-order valence-electron chi connectivity index (χ4n) is 9.26. The van der Waals surface area contributed by atoms with Gasteiger partial charge in [-0.3, -0.25) is 29.5 Å². The van der Waals surface area contributed by atoms with Crippen LogP contribution in [-0.4, -0.2) is 52.3 Å². The maximum absolute atomic E-state index is 15.5. The summed E-state index contributed by atoms with van der Waals surface area (Å²) in [5.41, 5.74) is 4.01. The number of nitrogens with zero attached hydrogens (tertiary/aromatic N) is 2. The molecule has 2 heterocycles. The Kier molecular flexibility index (Phi) is 8.11. The lowest BCUT2D eigenvalue weighted by Gasteiger charge is -2.51. The van der Waals surface area contributed by atoms with Gasteiger partial charge in [-0.05, 0) is 78.1 Å². The Morgan fingerprint density at radius 2 is 1.65 bits per heavy atom. The zero-order valence-corrected chi connectivity index (χ0v) is 29.4. The molecular weight excluding hydrogens is 689 g/mol. The normalized spacial score (nSPS) is 27.0. The number of halogens is 2. The fourth-order valence-corrected chi connectivity index (χ4v) is 9.71. The molecule has 4 amide bonds. The van der Waals surface area contributed by atoms with Crippen molar-refractivity contribution in [3.05, 3.63) is 112 Å². The number of hydrogen-bond donors (Lipinski definition) is 2. The molecule has 2 aliphatic carbocycles. The standard InChI is InChI=1S/C40H35Cl2N3O6/c1-3-18-44-36(47)28-14-13-27-29(34(28)38(44)49)20-30-37(48)45(43-32-16-10-22(41)19-31(32)42)39(50)40(30,21-8-11-23(51-2)12-9-21)35(27)26-15-17-33(46)25-7-5-4-6-24(25)26/h4-13,15-17,19,28-30,34-35,43,46H,3,14,18,20H2,1-2H3/t28-,29+,30-,34-,35-,40+/m0/s1. The molecule has 2 aliphatic heterocycles. The number of likely N-dealkylation sites (tertiary alicyclic amines) is 1. The molecule has 6 atom stereocenters. The van der Waals surface area contributed by atoms with E-state index in [4.69, 9.17) is 27.9 Å². The highest BCUT2D eigenvalue weighted by atomic mass is 35.5. The fraction of sp³-hybridized carbons (Fsp3) is 0.300. The van der Waals surface area contributed by atoms with E-state index in [1.807, 2.05) is 55.5 Å². The van der Waals surface area contributed by atoms with E-state index in [0.29, 0.717) is 52.2 Å². The smallest absolute Gasteiger partial charge is 0.260 e.